The van der Waals surface area contributed by atoms with Crippen molar-refractivity contribution in [2.45, 2.75) is 25.9 Å². The molecule has 0 bridgehead atoms. The first-order chi connectivity index (χ1) is 15.5. The van der Waals surface area contributed by atoms with Crippen LogP contribution in [0, 0.1) is 11.8 Å². The van der Waals surface area contributed by atoms with Gasteiger partial charge in [0.2, 0.25) is 11.8 Å². The number of anilines is 1. The molecule has 32 heavy (non-hydrogen) atoms. The maximum atomic E-state index is 13.1. The van der Waals surface area contributed by atoms with Gasteiger partial charge in [-0.05, 0) is 31.0 Å². The second-order valence-corrected chi connectivity index (χ2v) is 8.28. The summed E-state index contributed by atoms with van der Waals surface area (Å²) in [6.45, 7) is 1.98. The molecule has 8 heteroatoms. The molecule has 1 aliphatic carbocycles. The number of hydrogen-bond acceptors (Lipinski definition) is 4. The lowest BCUT2D eigenvalue weighted by Gasteiger charge is -2.27. The second-order valence-electron chi connectivity index (χ2n) is 8.28. The van der Waals surface area contributed by atoms with E-state index in [1.54, 1.807) is 30.3 Å². The molecule has 5 rings (SSSR count). The van der Waals surface area contributed by atoms with Gasteiger partial charge in [-0.15, -0.1) is 0 Å². The first-order valence-electron chi connectivity index (χ1n) is 10.5. The molecule has 8 nitrogen and oxygen atoms in total. The third-order valence-electron chi connectivity index (χ3n) is 6.33. The van der Waals surface area contributed by atoms with Crippen LogP contribution in [0.4, 0.5) is 5.69 Å². The average Bonchev–Trinajstić information content (AvgIpc) is 3.21. The molecule has 1 N–H and O–H groups in total. The summed E-state index contributed by atoms with van der Waals surface area (Å²) in [5.74, 6) is -1.68. The average molecular weight is 430 g/mol. The zero-order chi connectivity index (χ0) is 22.4. The molecular weight excluding hydrogens is 408 g/mol. The van der Waals surface area contributed by atoms with Crippen molar-refractivity contribution in [3.05, 3.63) is 98.8 Å². The van der Waals surface area contributed by atoms with E-state index in [4.69, 9.17) is 0 Å². The number of aromatic nitrogens is 3. The fourth-order valence-corrected chi connectivity index (χ4v) is 4.69. The molecule has 0 saturated carbocycles. The standard InChI is InChI=1S/C24H22N4O4/c1-15-12-18-19(22(30)27(21(18)29)17-10-6-3-7-11-17)13-20(15)28-24(32)26(23(31)25-28)14-16-8-4-2-5-9-16/h2-12,18-20H,13-14H2,1H3,(H,25,31)/t18-,19-,20-/m0/s1. The molecule has 3 atom stereocenters. The summed E-state index contributed by atoms with van der Waals surface area (Å²) in [4.78, 5) is 53.0. The molecule has 1 aliphatic heterocycles. The normalized spacial score (nSPS) is 22.7. The van der Waals surface area contributed by atoms with Gasteiger partial charge in [-0.1, -0.05) is 60.2 Å². The van der Waals surface area contributed by atoms with Crippen LogP contribution in [0.3, 0.4) is 0 Å². The Kier molecular flexibility index (Phi) is 4.77. The Hall–Kier alpha value is -3.94. The van der Waals surface area contributed by atoms with Crippen molar-refractivity contribution in [3.8, 4) is 0 Å². The van der Waals surface area contributed by atoms with E-state index < -0.39 is 29.3 Å². The number of amides is 2. The summed E-state index contributed by atoms with van der Waals surface area (Å²) in [5.41, 5.74) is 1.18. The van der Waals surface area contributed by atoms with Gasteiger partial charge in [0.1, 0.15) is 0 Å². The van der Waals surface area contributed by atoms with Crippen molar-refractivity contribution in [1.82, 2.24) is 14.3 Å². The molecule has 2 aliphatic rings. The summed E-state index contributed by atoms with van der Waals surface area (Å²) in [5, 5.41) is 2.64. The van der Waals surface area contributed by atoms with Gasteiger partial charge in [0, 0.05) is 0 Å². The highest BCUT2D eigenvalue weighted by molar-refractivity contribution is 6.22. The van der Waals surface area contributed by atoms with Crippen molar-refractivity contribution in [2.24, 2.45) is 11.8 Å². The Morgan fingerprint density at radius 1 is 0.906 bits per heavy atom. The highest BCUT2D eigenvalue weighted by Crippen LogP contribution is 2.42. The number of aromatic amines is 1. The van der Waals surface area contributed by atoms with Gasteiger partial charge in [0.05, 0.1) is 30.1 Å². The first-order valence-corrected chi connectivity index (χ1v) is 10.5. The van der Waals surface area contributed by atoms with E-state index in [-0.39, 0.29) is 24.8 Å². The number of imide groups is 1. The molecule has 162 valence electrons. The van der Waals surface area contributed by atoms with Crippen LogP contribution >= 0.6 is 0 Å². The summed E-state index contributed by atoms with van der Waals surface area (Å²) in [6.07, 6.45) is 2.04. The number of benzene rings is 2. The highest BCUT2D eigenvalue weighted by Gasteiger charge is 2.50. The van der Waals surface area contributed by atoms with Crippen molar-refractivity contribution >= 4 is 17.5 Å². The Morgan fingerprint density at radius 3 is 2.25 bits per heavy atom. The number of allylic oxidation sites excluding steroid dienone is 1. The summed E-state index contributed by atoms with van der Waals surface area (Å²) < 4.78 is 2.43. The number of H-pyrrole nitrogens is 1. The maximum Gasteiger partial charge on any atom is 0.347 e. The molecule has 2 amide bonds. The summed E-state index contributed by atoms with van der Waals surface area (Å²) in [7, 11) is 0. The van der Waals surface area contributed by atoms with Gasteiger partial charge in [-0.2, -0.15) is 0 Å². The van der Waals surface area contributed by atoms with Crippen molar-refractivity contribution < 1.29 is 9.59 Å². The van der Waals surface area contributed by atoms with Gasteiger partial charge in [-0.25, -0.2) is 28.8 Å². The summed E-state index contributed by atoms with van der Waals surface area (Å²) >= 11 is 0. The number of hydrogen-bond donors (Lipinski definition) is 1. The zero-order valence-electron chi connectivity index (χ0n) is 17.5. The zero-order valence-corrected chi connectivity index (χ0v) is 17.5. The molecule has 2 aromatic carbocycles. The number of fused-ring (bicyclic) bond motifs is 1. The minimum absolute atomic E-state index is 0.155. The lowest BCUT2D eigenvalue weighted by Crippen LogP contribution is -2.35. The smallest absolute Gasteiger partial charge is 0.274 e. The van der Waals surface area contributed by atoms with Gasteiger partial charge in [0.25, 0.3) is 0 Å². The van der Waals surface area contributed by atoms with Crippen LogP contribution in [0.1, 0.15) is 24.9 Å². The van der Waals surface area contributed by atoms with Crippen LogP contribution in [0.25, 0.3) is 0 Å². The quantitative estimate of drug-likeness (QED) is 0.506. The molecule has 1 fully saturated rings. The fraction of sp³-hybridized carbons (Fsp3) is 0.250. The minimum atomic E-state index is -0.579. The molecule has 0 radical (unpaired) electrons. The largest absolute Gasteiger partial charge is 0.347 e. The Balaban J connectivity index is 1.47. The van der Waals surface area contributed by atoms with Crippen LogP contribution < -0.4 is 16.3 Å². The van der Waals surface area contributed by atoms with E-state index in [1.807, 2.05) is 43.3 Å². The lowest BCUT2D eigenvalue weighted by molar-refractivity contribution is -0.122. The fourth-order valence-electron chi connectivity index (χ4n) is 4.69. The number of nitrogens with zero attached hydrogens (tertiary/aromatic N) is 3. The molecule has 1 saturated heterocycles. The highest BCUT2D eigenvalue weighted by atomic mass is 16.2. The van der Waals surface area contributed by atoms with Crippen LogP contribution in [0.15, 0.2) is 81.9 Å². The molecule has 0 unspecified atom stereocenters. The number of rotatable bonds is 4. The monoisotopic (exact) mass is 430 g/mol. The van der Waals surface area contributed by atoms with Crippen molar-refractivity contribution in [2.75, 3.05) is 4.90 Å². The van der Waals surface area contributed by atoms with Gasteiger partial charge >= 0.3 is 11.4 Å². The van der Waals surface area contributed by atoms with Crippen LogP contribution in [-0.4, -0.2) is 26.2 Å². The molecule has 2 heterocycles. The SMILES string of the molecule is CC1=C[C@@H]2C(=O)N(c3ccccc3)C(=O)[C@H]2C[C@@H]1n1[nH]c(=O)n(Cc2ccccc2)c1=O. The number of carbonyl (C=O) groups excluding carboxylic acids is 2. The predicted molar refractivity (Wildman–Crippen MR) is 118 cm³/mol. The molecular formula is C24H22N4O4. The lowest BCUT2D eigenvalue weighted by atomic mass is 9.80. The van der Waals surface area contributed by atoms with E-state index in [1.165, 1.54) is 9.58 Å². The Labute approximate surface area is 183 Å². The van der Waals surface area contributed by atoms with Crippen molar-refractivity contribution in [1.29, 1.82) is 0 Å². The third kappa shape index (κ3) is 3.15. The van der Waals surface area contributed by atoms with Crippen LogP contribution in [-0.2, 0) is 16.1 Å². The number of carbonyl (C=O) groups is 2. The van der Waals surface area contributed by atoms with E-state index >= 15 is 0 Å². The van der Waals surface area contributed by atoms with Crippen LogP contribution in [0.5, 0.6) is 0 Å². The minimum Gasteiger partial charge on any atom is -0.274 e. The predicted octanol–water partition coefficient (Wildman–Crippen LogP) is 2.08. The Bertz CT molecular complexity index is 1330. The topological polar surface area (TPSA) is 97.2 Å². The molecule has 0 spiro atoms. The van der Waals surface area contributed by atoms with Crippen molar-refractivity contribution in [3.63, 3.8) is 0 Å². The van der Waals surface area contributed by atoms with Gasteiger partial charge in [-0.3, -0.25) is 9.59 Å². The van der Waals surface area contributed by atoms with Gasteiger partial charge < -0.3 is 0 Å². The third-order valence-corrected chi connectivity index (χ3v) is 6.33. The van der Waals surface area contributed by atoms with E-state index in [0.717, 1.165) is 15.7 Å². The number of nitrogens with one attached hydrogen (secondary N) is 1. The second kappa shape index (κ2) is 7.64. The maximum absolute atomic E-state index is 13.1. The molecule has 3 aromatic rings. The molecule has 1 aromatic heterocycles. The van der Waals surface area contributed by atoms with E-state index in [0.29, 0.717) is 5.69 Å². The van der Waals surface area contributed by atoms with E-state index in [2.05, 4.69) is 5.10 Å². The van der Waals surface area contributed by atoms with Crippen LogP contribution in [0.2, 0.25) is 0 Å². The first kappa shape index (κ1) is 20.0. The van der Waals surface area contributed by atoms with Gasteiger partial charge in [0.15, 0.2) is 0 Å². The number of para-hydroxylation sites is 1. The Morgan fingerprint density at radius 2 is 1.56 bits per heavy atom. The summed E-state index contributed by atoms with van der Waals surface area (Å²) in [6, 6.07) is 17.6. The van der Waals surface area contributed by atoms with E-state index in [9.17, 15) is 19.2 Å².